The summed E-state index contributed by atoms with van der Waals surface area (Å²) < 4.78 is 10.6. The maximum atomic E-state index is 12.7. The Hall–Kier alpha value is -1.02. The van der Waals surface area contributed by atoms with E-state index in [9.17, 15) is 9.59 Å². The Bertz CT molecular complexity index is 548. The normalized spacial score (nSPS) is 10.4. The molecule has 1 aromatic rings. The van der Waals surface area contributed by atoms with Gasteiger partial charge in [-0.05, 0) is 48.6 Å². The number of hydrogen-bond acceptors (Lipinski definition) is 4. The predicted molar refractivity (Wildman–Crippen MR) is 88.9 cm³/mol. The van der Waals surface area contributed by atoms with E-state index in [1.165, 1.54) is 19.1 Å². The van der Waals surface area contributed by atoms with Crippen molar-refractivity contribution >= 4 is 46.1 Å². The number of benzene rings is 1. The molecule has 0 heterocycles. The molecule has 1 amide bonds. The highest BCUT2D eigenvalue weighted by molar-refractivity contribution is 14.1. The Labute approximate surface area is 142 Å². The van der Waals surface area contributed by atoms with Gasteiger partial charge in [-0.25, -0.2) is 0 Å². The minimum absolute atomic E-state index is 0.125. The first-order valence-electron chi connectivity index (χ1n) is 6.22. The highest BCUT2D eigenvalue weighted by atomic mass is 127. The summed E-state index contributed by atoms with van der Waals surface area (Å²) in [5.74, 6) is -0.387. The van der Waals surface area contributed by atoms with E-state index in [2.05, 4.69) is 27.3 Å². The lowest BCUT2D eigenvalue weighted by Crippen LogP contribution is -2.41. The number of nitrogens with zero attached hydrogens (tertiary/aromatic N) is 1. The molecule has 0 spiro atoms. The topological polar surface area (TPSA) is 55.8 Å². The largest absolute Gasteiger partial charge is 0.496 e. The molecular formula is C14H17ClINO4. The van der Waals surface area contributed by atoms with Crippen molar-refractivity contribution in [1.82, 2.24) is 4.90 Å². The van der Waals surface area contributed by atoms with E-state index in [1.54, 1.807) is 12.1 Å². The molecule has 0 fully saturated rings. The third kappa shape index (κ3) is 4.47. The van der Waals surface area contributed by atoms with Gasteiger partial charge in [0.1, 0.15) is 12.3 Å². The summed E-state index contributed by atoms with van der Waals surface area (Å²) in [5, 5.41) is 0.460. The van der Waals surface area contributed by atoms with Gasteiger partial charge in [0.25, 0.3) is 5.91 Å². The molecule has 0 saturated carbocycles. The second-order valence-corrected chi connectivity index (χ2v) is 6.14. The van der Waals surface area contributed by atoms with Crippen molar-refractivity contribution in [3.8, 4) is 5.75 Å². The number of methoxy groups -OCH3 is 2. The fourth-order valence-corrected chi connectivity index (χ4v) is 2.31. The number of halogens is 2. The Morgan fingerprint density at radius 3 is 2.43 bits per heavy atom. The zero-order valence-corrected chi connectivity index (χ0v) is 15.2. The number of carbonyl (C=O) groups is 2. The summed E-state index contributed by atoms with van der Waals surface area (Å²) in [7, 11) is 2.77. The molecule has 0 aliphatic heterocycles. The van der Waals surface area contributed by atoms with Crippen LogP contribution in [-0.4, -0.2) is 43.6 Å². The SMILES string of the molecule is COC(=O)CN(C(=O)c1cc(Cl)c(I)cc1OC)C(C)C. The number of carbonyl (C=O) groups excluding carboxylic acids is 2. The molecule has 1 rings (SSSR count). The third-order valence-electron chi connectivity index (χ3n) is 2.88. The van der Waals surface area contributed by atoms with Crippen molar-refractivity contribution in [2.24, 2.45) is 0 Å². The zero-order valence-electron chi connectivity index (χ0n) is 12.3. The van der Waals surface area contributed by atoms with E-state index < -0.39 is 5.97 Å². The van der Waals surface area contributed by atoms with Crippen molar-refractivity contribution in [1.29, 1.82) is 0 Å². The number of esters is 1. The average molecular weight is 426 g/mol. The van der Waals surface area contributed by atoms with Gasteiger partial charge in [-0.2, -0.15) is 0 Å². The molecule has 0 unspecified atom stereocenters. The summed E-state index contributed by atoms with van der Waals surface area (Å²) in [5.41, 5.74) is 0.320. The van der Waals surface area contributed by atoms with Crippen LogP contribution in [0, 0.1) is 3.57 Å². The van der Waals surface area contributed by atoms with Crippen LogP contribution in [0.2, 0.25) is 5.02 Å². The van der Waals surface area contributed by atoms with Crippen LogP contribution in [-0.2, 0) is 9.53 Å². The lowest BCUT2D eigenvalue weighted by molar-refractivity contribution is -0.141. The van der Waals surface area contributed by atoms with Crippen molar-refractivity contribution < 1.29 is 19.1 Å². The molecule has 1 aromatic carbocycles. The number of ether oxygens (including phenoxy) is 2. The molecule has 21 heavy (non-hydrogen) atoms. The number of hydrogen-bond donors (Lipinski definition) is 0. The van der Waals surface area contributed by atoms with Crippen LogP contribution in [0.15, 0.2) is 12.1 Å². The minimum atomic E-state index is -0.479. The number of rotatable bonds is 5. The molecule has 0 N–H and O–H groups in total. The highest BCUT2D eigenvalue weighted by Crippen LogP contribution is 2.29. The van der Waals surface area contributed by atoms with E-state index in [4.69, 9.17) is 16.3 Å². The van der Waals surface area contributed by atoms with Crippen LogP contribution in [0.5, 0.6) is 5.75 Å². The van der Waals surface area contributed by atoms with Gasteiger partial charge in [-0.1, -0.05) is 11.6 Å². The fraction of sp³-hybridized carbons (Fsp3) is 0.429. The molecule has 0 saturated heterocycles. The summed E-state index contributed by atoms with van der Waals surface area (Å²) in [4.78, 5) is 25.5. The summed E-state index contributed by atoms with van der Waals surface area (Å²) >= 11 is 8.14. The van der Waals surface area contributed by atoms with Gasteiger partial charge in [-0.3, -0.25) is 9.59 Å². The van der Waals surface area contributed by atoms with E-state index in [0.29, 0.717) is 16.3 Å². The molecule has 0 aliphatic carbocycles. The summed E-state index contributed by atoms with van der Waals surface area (Å²) in [6.07, 6.45) is 0. The lowest BCUT2D eigenvalue weighted by Gasteiger charge is -2.26. The van der Waals surface area contributed by atoms with Gasteiger partial charge < -0.3 is 14.4 Å². The van der Waals surface area contributed by atoms with Gasteiger partial charge in [-0.15, -0.1) is 0 Å². The van der Waals surface area contributed by atoms with Crippen LogP contribution < -0.4 is 4.74 Å². The monoisotopic (exact) mass is 425 g/mol. The van der Waals surface area contributed by atoms with Gasteiger partial charge in [0.05, 0.1) is 24.8 Å². The van der Waals surface area contributed by atoms with Crippen molar-refractivity contribution in [2.45, 2.75) is 19.9 Å². The van der Waals surface area contributed by atoms with Gasteiger partial charge in [0, 0.05) is 9.61 Å². The minimum Gasteiger partial charge on any atom is -0.496 e. The van der Waals surface area contributed by atoms with E-state index in [1.807, 2.05) is 13.8 Å². The fourth-order valence-electron chi connectivity index (χ4n) is 1.71. The number of amides is 1. The highest BCUT2D eigenvalue weighted by Gasteiger charge is 2.25. The lowest BCUT2D eigenvalue weighted by atomic mass is 10.1. The maximum Gasteiger partial charge on any atom is 0.325 e. The Morgan fingerprint density at radius 1 is 1.33 bits per heavy atom. The standard InChI is InChI=1S/C14H17ClINO4/c1-8(2)17(7-13(18)21-4)14(19)9-5-10(15)11(16)6-12(9)20-3/h5-6,8H,7H2,1-4H3. The van der Waals surface area contributed by atoms with Crippen LogP contribution in [0.25, 0.3) is 0 Å². The third-order valence-corrected chi connectivity index (χ3v) is 4.41. The first-order valence-corrected chi connectivity index (χ1v) is 7.68. The molecule has 0 aromatic heterocycles. The molecule has 7 heteroatoms. The van der Waals surface area contributed by atoms with Crippen LogP contribution in [0.1, 0.15) is 24.2 Å². The Morgan fingerprint density at radius 2 is 1.95 bits per heavy atom. The van der Waals surface area contributed by atoms with Gasteiger partial charge >= 0.3 is 5.97 Å². The summed E-state index contributed by atoms with van der Waals surface area (Å²) in [6.45, 7) is 3.52. The molecule has 0 aliphatic rings. The van der Waals surface area contributed by atoms with Gasteiger partial charge in [0.15, 0.2) is 0 Å². The first-order chi connectivity index (χ1) is 9.81. The van der Waals surface area contributed by atoms with Crippen LogP contribution >= 0.6 is 34.2 Å². The van der Waals surface area contributed by atoms with Crippen LogP contribution in [0.4, 0.5) is 0 Å². The van der Waals surface area contributed by atoms with Crippen molar-refractivity contribution in [3.05, 3.63) is 26.3 Å². The van der Waals surface area contributed by atoms with Gasteiger partial charge in [0.2, 0.25) is 0 Å². The molecule has 0 radical (unpaired) electrons. The van der Waals surface area contributed by atoms with E-state index >= 15 is 0 Å². The first kappa shape index (κ1) is 18.0. The van der Waals surface area contributed by atoms with Crippen LogP contribution in [0.3, 0.4) is 0 Å². The molecule has 5 nitrogen and oxygen atoms in total. The van der Waals surface area contributed by atoms with E-state index in [0.717, 1.165) is 3.57 Å². The zero-order chi connectivity index (χ0) is 16.2. The molecule has 0 bridgehead atoms. The second kappa shape index (κ2) is 7.84. The molecular weight excluding hydrogens is 409 g/mol. The smallest absolute Gasteiger partial charge is 0.325 e. The second-order valence-electron chi connectivity index (χ2n) is 4.57. The predicted octanol–water partition coefficient (Wildman–Crippen LogP) is 2.98. The summed E-state index contributed by atoms with van der Waals surface area (Å²) in [6, 6.07) is 3.07. The Balaban J connectivity index is 3.20. The average Bonchev–Trinajstić information content (AvgIpc) is 2.45. The van der Waals surface area contributed by atoms with E-state index in [-0.39, 0.29) is 18.5 Å². The van der Waals surface area contributed by atoms with Crippen molar-refractivity contribution in [2.75, 3.05) is 20.8 Å². The maximum absolute atomic E-state index is 12.7. The van der Waals surface area contributed by atoms with Crippen molar-refractivity contribution in [3.63, 3.8) is 0 Å². The Kier molecular flexibility index (Phi) is 6.73. The quantitative estimate of drug-likeness (QED) is 0.538. The molecule has 116 valence electrons. The molecule has 0 atom stereocenters.